The molecule has 0 atom stereocenters. The van der Waals surface area contributed by atoms with Crippen LogP contribution in [-0.2, 0) is 14.6 Å². The van der Waals surface area contributed by atoms with Crippen LogP contribution >= 0.6 is 11.3 Å². The van der Waals surface area contributed by atoms with E-state index in [9.17, 15) is 13.0 Å². The minimum Gasteiger partial charge on any atom is -0.726 e. The van der Waals surface area contributed by atoms with Gasteiger partial charge < -0.3 is 9.45 Å². The smallest absolute Gasteiger partial charge is 0.407 e. The quantitative estimate of drug-likeness (QED) is 0.226. The van der Waals surface area contributed by atoms with E-state index in [1.165, 1.54) is 11.3 Å². The Balaban J connectivity index is 1.59. The number of nitrogens with zero attached hydrogens (tertiary/aromatic N) is 3. The fourth-order valence-electron chi connectivity index (χ4n) is 2.67. The lowest BCUT2D eigenvalue weighted by Gasteiger charge is -2.23. The summed E-state index contributed by atoms with van der Waals surface area (Å²) in [6, 6.07) is 15.6. The van der Waals surface area contributed by atoms with Gasteiger partial charge in [-0.05, 0) is 66.2 Å². The molecule has 28 heavy (non-hydrogen) atoms. The summed E-state index contributed by atoms with van der Waals surface area (Å²) in [5.74, 6) is 0. The van der Waals surface area contributed by atoms with Gasteiger partial charge in [0.2, 0.25) is 10.4 Å². The first-order valence-electron chi connectivity index (χ1n) is 8.72. The van der Waals surface area contributed by atoms with Crippen LogP contribution in [0.25, 0.3) is 10.2 Å². The van der Waals surface area contributed by atoms with Crippen molar-refractivity contribution in [3.05, 3.63) is 48.5 Å². The molecule has 0 aliphatic rings. The third kappa shape index (κ3) is 5.80. The molecular weight excluding hydrogens is 400 g/mol. The molecule has 0 bridgehead atoms. The summed E-state index contributed by atoms with van der Waals surface area (Å²) < 4.78 is 36.7. The lowest BCUT2D eigenvalue weighted by molar-refractivity contribution is -0.323. The molecule has 0 saturated heterocycles. The highest BCUT2D eigenvalue weighted by Crippen LogP contribution is 2.26. The SMILES string of the molecule is CCN(CCCOS(=O)(=O)[O-])c1ccc(N=Nc2[nH+]c3ccccc3s2)cc1. The van der Waals surface area contributed by atoms with Gasteiger partial charge in [-0.15, -0.1) is 0 Å². The van der Waals surface area contributed by atoms with Gasteiger partial charge >= 0.3 is 5.13 Å². The van der Waals surface area contributed by atoms with Gasteiger partial charge in [0.15, 0.2) is 0 Å². The standard InChI is InChI=1S/C18H20N4O4S2/c1-2-22(12-5-13-26-28(23,24)25)15-10-8-14(9-11-15)20-21-18-19-16-6-3-4-7-17(16)27-18/h3-4,6-11H,2,5,12-13H2,1H3,(H,23,24,25). The van der Waals surface area contributed by atoms with Gasteiger partial charge in [-0.2, -0.15) is 0 Å². The predicted octanol–water partition coefficient (Wildman–Crippen LogP) is 3.82. The summed E-state index contributed by atoms with van der Waals surface area (Å²) in [4.78, 5) is 5.27. The van der Waals surface area contributed by atoms with Crippen LogP contribution < -0.4 is 9.88 Å². The van der Waals surface area contributed by atoms with Crippen LogP contribution in [0.1, 0.15) is 13.3 Å². The van der Waals surface area contributed by atoms with E-state index in [0.717, 1.165) is 33.3 Å². The van der Waals surface area contributed by atoms with Gasteiger partial charge in [-0.25, -0.2) is 13.4 Å². The highest BCUT2D eigenvalue weighted by molar-refractivity contribution is 7.80. The van der Waals surface area contributed by atoms with Gasteiger partial charge in [-0.1, -0.05) is 12.1 Å². The molecule has 1 N–H and O–H groups in total. The van der Waals surface area contributed by atoms with Crippen molar-refractivity contribution in [1.82, 2.24) is 0 Å². The van der Waals surface area contributed by atoms with Crippen LogP contribution in [0.2, 0.25) is 0 Å². The second-order valence-electron chi connectivity index (χ2n) is 5.91. The Bertz CT molecular complexity index is 1020. The number of rotatable bonds is 9. The van der Waals surface area contributed by atoms with Gasteiger partial charge in [0.1, 0.15) is 11.2 Å². The maximum absolute atomic E-state index is 10.5. The van der Waals surface area contributed by atoms with Crippen molar-refractivity contribution in [2.24, 2.45) is 10.2 Å². The zero-order valence-corrected chi connectivity index (χ0v) is 16.9. The fourth-order valence-corrected chi connectivity index (χ4v) is 3.82. The fraction of sp³-hybridized carbons (Fsp3) is 0.278. The Morgan fingerprint density at radius 2 is 1.89 bits per heavy atom. The van der Waals surface area contributed by atoms with Crippen molar-refractivity contribution in [1.29, 1.82) is 0 Å². The van der Waals surface area contributed by atoms with E-state index in [1.807, 2.05) is 55.5 Å². The molecule has 3 aromatic rings. The molecule has 2 aromatic carbocycles. The lowest BCUT2D eigenvalue weighted by Crippen LogP contribution is -2.25. The molecule has 0 saturated carbocycles. The number of nitrogens with one attached hydrogen (secondary N) is 1. The Morgan fingerprint density at radius 1 is 1.14 bits per heavy atom. The first-order chi connectivity index (χ1) is 13.4. The van der Waals surface area contributed by atoms with E-state index >= 15 is 0 Å². The monoisotopic (exact) mass is 420 g/mol. The van der Waals surface area contributed by atoms with E-state index in [0.29, 0.717) is 13.0 Å². The van der Waals surface area contributed by atoms with E-state index < -0.39 is 10.4 Å². The zero-order chi connectivity index (χ0) is 20.0. The highest BCUT2D eigenvalue weighted by Gasteiger charge is 2.10. The van der Waals surface area contributed by atoms with Crippen molar-refractivity contribution < 1.29 is 22.1 Å². The van der Waals surface area contributed by atoms with Gasteiger partial charge in [0.25, 0.3) is 0 Å². The van der Waals surface area contributed by atoms with Crippen molar-refractivity contribution in [2.45, 2.75) is 13.3 Å². The van der Waals surface area contributed by atoms with Crippen LogP contribution in [-0.4, -0.2) is 32.7 Å². The van der Waals surface area contributed by atoms with Crippen molar-refractivity contribution in [3.63, 3.8) is 0 Å². The van der Waals surface area contributed by atoms with Gasteiger partial charge in [0, 0.05) is 18.8 Å². The second-order valence-corrected chi connectivity index (χ2v) is 7.99. The first-order valence-corrected chi connectivity index (χ1v) is 10.9. The molecular formula is C18H20N4O4S2. The number of azo groups is 1. The number of fused-ring (bicyclic) bond motifs is 1. The summed E-state index contributed by atoms with van der Waals surface area (Å²) in [7, 11) is -4.63. The van der Waals surface area contributed by atoms with Crippen LogP contribution in [0, 0.1) is 0 Å². The van der Waals surface area contributed by atoms with Crippen molar-refractivity contribution in [3.8, 4) is 0 Å². The summed E-state index contributed by atoms with van der Waals surface area (Å²) in [6.07, 6.45) is 0.429. The molecule has 0 spiro atoms. The number of aromatic amines is 1. The molecule has 0 amide bonds. The van der Waals surface area contributed by atoms with Crippen LogP contribution in [0.15, 0.2) is 58.8 Å². The number of thiazole rings is 1. The minimum atomic E-state index is -4.63. The molecule has 148 valence electrons. The molecule has 10 heteroatoms. The average molecular weight is 421 g/mol. The molecule has 1 aromatic heterocycles. The van der Waals surface area contributed by atoms with E-state index in [-0.39, 0.29) is 6.61 Å². The molecule has 3 rings (SSSR count). The molecule has 0 unspecified atom stereocenters. The van der Waals surface area contributed by atoms with Gasteiger partial charge in [-0.3, -0.25) is 4.18 Å². The van der Waals surface area contributed by atoms with Crippen LogP contribution in [0.5, 0.6) is 0 Å². The lowest BCUT2D eigenvalue weighted by atomic mass is 10.2. The summed E-state index contributed by atoms with van der Waals surface area (Å²) in [5.41, 5.74) is 2.73. The number of benzene rings is 2. The van der Waals surface area contributed by atoms with Crippen molar-refractivity contribution >= 4 is 48.5 Å². The molecule has 0 aliphatic heterocycles. The third-order valence-corrected chi connectivity index (χ3v) is 5.40. The molecule has 8 nitrogen and oxygen atoms in total. The van der Waals surface area contributed by atoms with Crippen LogP contribution in [0.3, 0.4) is 0 Å². The number of anilines is 1. The summed E-state index contributed by atoms with van der Waals surface area (Å²) >= 11 is 1.54. The minimum absolute atomic E-state index is 0.125. The molecule has 1 heterocycles. The molecule has 0 fully saturated rings. The molecule has 0 radical (unpaired) electrons. The Morgan fingerprint density at radius 3 is 2.57 bits per heavy atom. The number of para-hydroxylation sites is 1. The van der Waals surface area contributed by atoms with Gasteiger partial charge in [0.05, 0.1) is 16.4 Å². The predicted molar refractivity (Wildman–Crippen MR) is 107 cm³/mol. The Hall–Kier alpha value is -2.40. The van der Waals surface area contributed by atoms with Crippen LogP contribution in [0.4, 0.5) is 16.5 Å². The van der Waals surface area contributed by atoms with E-state index in [2.05, 4.69) is 24.3 Å². The number of H-pyrrole nitrogens is 1. The Labute approximate surface area is 167 Å². The number of aromatic nitrogens is 1. The molecule has 0 aliphatic carbocycles. The summed E-state index contributed by atoms with van der Waals surface area (Å²) in [5, 5.41) is 9.26. The topological polar surface area (TPSA) is 109 Å². The zero-order valence-electron chi connectivity index (χ0n) is 15.2. The van der Waals surface area contributed by atoms with Crippen molar-refractivity contribution in [2.75, 3.05) is 24.6 Å². The average Bonchev–Trinajstić information content (AvgIpc) is 3.09. The van der Waals surface area contributed by atoms with E-state index in [1.54, 1.807) is 0 Å². The van der Waals surface area contributed by atoms with E-state index in [4.69, 9.17) is 0 Å². The number of hydrogen-bond donors (Lipinski definition) is 0. The maximum Gasteiger partial charge on any atom is 0.407 e. The Kier molecular flexibility index (Phi) is 6.68. The maximum atomic E-state index is 10.5. The number of hydrogen-bond acceptors (Lipinski definition) is 8. The highest BCUT2D eigenvalue weighted by atomic mass is 32.3. The third-order valence-electron chi connectivity index (χ3n) is 3.99. The summed E-state index contributed by atoms with van der Waals surface area (Å²) in [6.45, 7) is 3.18. The second kappa shape index (κ2) is 9.20. The first kappa shape index (κ1) is 20.3. The normalized spacial score (nSPS) is 12.1. The largest absolute Gasteiger partial charge is 0.726 e.